The first-order valence-electron chi connectivity index (χ1n) is 6.48. The third-order valence-electron chi connectivity index (χ3n) is 5.02. The highest BCUT2D eigenvalue weighted by molar-refractivity contribution is 5.72. The van der Waals surface area contributed by atoms with Gasteiger partial charge in [-0.05, 0) is 55.4 Å². The number of aldehydes is 1. The van der Waals surface area contributed by atoms with E-state index in [1.165, 1.54) is 5.57 Å². The first-order valence-corrected chi connectivity index (χ1v) is 6.48. The lowest BCUT2D eigenvalue weighted by Crippen LogP contribution is -2.44. The molecule has 0 bridgehead atoms. The minimum Gasteiger partial charge on any atom is -0.392 e. The van der Waals surface area contributed by atoms with Gasteiger partial charge in [-0.3, -0.25) is 4.79 Å². The molecule has 2 heteroatoms. The Kier molecular flexibility index (Phi) is 3.26. The van der Waals surface area contributed by atoms with Gasteiger partial charge in [0.15, 0.2) is 0 Å². The van der Waals surface area contributed by atoms with Gasteiger partial charge in [0.25, 0.3) is 0 Å². The minimum absolute atomic E-state index is 0.0481. The summed E-state index contributed by atoms with van der Waals surface area (Å²) in [5.74, 6) is 0.644. The van der Waals surface area contributed by atoms with E-state index in [9.17, 15) is 9.90 Å². The van der Waals surface area contributed by atoms with Gasteiger partial charge >= 0.3 is 0 Å². The zero-order valence-electron chi connectivity index (χ0n) is 10.8. The highest BCUT2D eigenvalue weighted by atomic mass is 16.3. The Hall–Kier alpha value is -0.890. The molecule has 0 amide bonds. The van der Waals surface area contributed by atoms with Crippen LogP contribution >= 0.6 is 0 Å². The van der Waals surface area contributed by atoms with Crippen LogP contribution in [0, 0.1) is 17.3 Å². The third kappa shape index (κ3) is 1.99. The highest BCUT2D eigenvalue weighted by Crippen LogP contribution is 2.53. The second kappa shape index (κ2) is 4.41. The number of fused-ring (bicyclic) bond motifs is 1. The molecule has 2 aliphatic carbocycles. The Morgan fingerprint density at radius 2 is 2.29 bits per heavy atom. The highest BCUT2D eigenvalue weighted by Gasteiger charge is 2.46. The summed E-state index contributed by atoms with van der Waals surface area (Å²) in [5.41, 5.74) is 2.14. The lowest BCUT2D eigenvalue weighted by atomic mass is 9.56. The van der Waals surface area contributed by atoms with E-state index in [1.54, 1.807) is 0 Å². The van der Waals surface area contributed by atoms with E-state index in [-0.39, 0.29) is 11.5 Å². The van der Waals surface area contributed by atoms with Crippen molar-refractivity contribution in [1.82, 2.24) is 0 Å². The van der Waals surface area contributed by atoms with Gasteiger partial charge in [0.2, 0.25) is 0 Å². The van der Waals surface area contributed by atoms with Gasteiger partial charge in [-0.2, -0.15) is 0 Å². The largest absolute Gasteiger partial charge is 0.392 e. The van der Waals surface area contributed by atoms with Crippen LogP contribution < -0.4 is 0 Å². The SMILES string of the molecule is C=C(C=O)C1CCC2C(O)CC=C(C)C2(C)C1. The molecular weight excluding hydrogens is 212 g/mol. The summed E-state index contributed by atoms with van der Waals surface area (Å²) in [5, 5.41) is 10.1. The van der Waals surface area contributed by atoms with Crippen molar-refractivity contribution >= 4 is 6.29 Å². The molecule has 4 atom stereocenters. The maximum Gasteiger partial charge on any atom is 0.145 e. The molecule has 0 radical (unpaired) electrons. The Morgan fingerprint density at radius 3 is 2.94 bits per heavy atom. The van der Waals surface area contributed by atoms with E-state index < -0.39 is 0 Å². The summed E-state index contributed by atoms with van der Waals surface area (Å²) >= 11 is 0. The van der Waals surface area contributed by atoms with Crippen molar-refractivity contribution in [3.8, 4) is 0 Å². The van der Waals surface area contributed by atoms with E-state index in [2.05, 4.69) is 26.5 Å². The van der Waals surface area contributed by atoms with Crippen LogP contribution in [0.4, 0.5) is 0 Å². The molecule has 1 saturated carbocycles. The van der Waals surface area contributed by atoms with E-state index in [0.717, 1.165) is 37.5 Å². The summed E-state index contributed by atoms with van der Waals surface area (Å²) in [7, 11) is 0. The molecule has 2 nitrogen and oxygen atoms in total. The topological polar surface area (TPSA) is 37.3 Å². The fourth-order valence-electron chi connectivity index (χ4n) is 3.64. The molecule has 4 unspecified atom stereocenters. The van der Waals surface area contributed by atoms with Crippen LogP contribution in [0.1, 0.15) is 39.5 Å². The van der Waals surface area contributed by atoms with Crippen LogP contribution in [0.5, 0.6) is 0 Å². The van der Waals surface area contributed by atoms with Crippen molar-refractivity contribution < 1.29 is 9.90 Å². The molecule has 1 N–H and O–H groups in total. The van der Waals surface area contributed by atoms with E-state index >= 15 is 0 Å². The number of carbonyl (C=O) groups excluding carboxylic acids is 1. The molecule has 0 saturated heterocycles. The number of carbonyl (C=O) groups is 1. The fourth-order valence-corrected chi connectivity index (χ4v) is 3.64. The van der Waals surface area contributed by atoms with Crippen molar-refractivity contribution in [3.63, 3.8) is 0 Å². The normalized spacial score (nSPS) is 41.4. The number of aliphatic hydroxyl groups excluding tert-OH is 1. The number of hydrogen-bond acceptors (Lipinski definition) is 2. The Bertz CT molecular complexity index is 369. The Morgan fingerprint density at radius 1 is 1.59 bits per heavy atom. The first kappa shape index (κ1) is 12.6. The molecule has 0 aliphatic heterocycles. The van der Waals surface area contributed by atoms with Crippen molar-refractivity contribution in [3.05, 3.63) is 23.8 Å². The summed E-state index contributed by atoms with van der Waals surface area (Å²) in [6.07, 6.45) is 6.57. The van der Waals surface area contributed by atoms with E-state index in [1.807, 2.05) is 0 Å². The van der Waals surface area contributed by atoms with Crippen LogP contribution in [0.25, 0.3) is 0 Å². The van der Waals surface area contributed by atoms with Crippen LogP contribution in [0.3, 0.4) is 0 Å². The van der Waals surface area contributed by atoms with Gasteiger partial charge in [-0.15, -0.1) is 0 Å². The predicted molar refractivity (Wildman–Crippen MR) is 68.5 cm³/mol. The standard InChI is InChI=1S/C15H22O2/c1-10(9-16)12-5-6-13-14(17)7-4-11(2)15(13,3)8-12/h4,9,12-14,17H,1,5-8H2,2-3H3. The number of allylic oxidation sites excluding steroid dienone is 2. The van der Waals surface area contributed by atoms with E-state index in [4.69, 9.17) is 0 Å². The molecule has 17 heavy (non-hydrogen) atoms. The maximum absolute atomic E-state index is 10.9. The molecule has 0 aromatic heterocycles. The number of aliphatic hydroxyl groups is 1. The minimum atomic E-state index is -0.214. The third-order valence-corrected chi connectivity index (χ3v) is 5.02. The summed E-state index contributed by atoms with van der Waals surface area (Å²) in [6.45, 7) is 8.25. The molecule has 2 rings (SSSR count). The van der Waals surface area contributed by atoms with Crippen molar-refractivity contribution in [1.29, 1.82) is 0 Å². The van der Waals surface area contributed by atoms with Crippen molar-refractivity contribution in [2.45, 2.75) is 45.6 Å². The molecule has 0 aromatic carbocycles. The molecular formula is C15H22O2. The van der Waals surface area contributed by atoms with Crippen LogP contribution in [0.2, 0.25) is 0 Å². The smallest absolute Gasteiger partial charge is 0.145 e. The average molecular weight is 234 g/mol. The summed E-state index contributed by atoms with van der Waals surface area (Å²) in [4.78, 5) is 10.9. The Balaban J connectivity index is 2.26. The zero-order chi connectivity index (χ0) is 12.6. The molecule has 1 fully saturated rings. The fraction of sp³-hybridized carbons (Fsp3) is 0.667. The van der Waals surface area contributed by atoms with Gasteiger partial charge < -0.3 is 5.11 Å². The number of rotatable bonds is 2. The predicted octanol–water partition coefficient (Wildman–Crippen LogP) is 2.88. The molecule has 0 spiro atoms. The molecule has 0 heterocycles. The van der Waals surface area contributed by atoms with Gasteiger partial charge in [0.1, 0.15) is 6.29 Å². The van der Waals surface area contributed by atoms with Crippen molar-refractivity contribution in [2.75, 3.05) is 0 Å². The van der Waals surface area contributed by atoms with Gasteiger partial charge in [-0.1, -0.05) is 25.2 Å². The Labute approximate surface area is 103 Å². The summed E-state index contributed by atoms with van der Waals surface area (Å²) < 4.78 is 0. The van der Waals surface area contributed by atoms with Crippen LogP contribution in [-0.2, 0) is 4.79 Å². The van der Waals surface area contributed by atoms with Crippen molar-refractivity contribution in [2.24, 2.45) is 17.3 Å². The number of hydrogen-bond donors (Lipinski definition) is 1. The first-order chi connectivity index (χ1) is 7.99. The quantitative estimate of drug-likeness (QED) is 0.453. The maximum atomic E-state index is 10.9. The second-order valence-corrected chi connectivity index (χ2v) is 5.89. The van der Waals surface area contributed by atoms with Gasteiger partial charge in [-0.25, -0.2) is 0 Å². The molecule has 0 aromatic rings. The molecule has 2 aliphatic rings. The van der Waals surface area contributed by atoms with Gasteiger partial charge in [0, 0.05) is 0 Å². The molecule has 94 valence electrons. The zero-order valence-corrected chi connectivity index (χ0v) is 10.8. The average Bonchev–Trinajstić information content (AvgIpc) is 2.32. The monoisotopic (exact) mass is 234 g/mol. The second-order valence-electron chi connectivity index (χ2n) is 5.89. The summed E-state index contributed by atoms with van der Waals surface area (Å²) in [6, 6.07) is 0. The van der Waals surface area contributed by atoms with E-state index in [0.29, 0.717) is 11.8 Å². The lowest BCUT2D eigenvalue weighted by Gasteiger charge is -2.50. The van der Waals surface area contributed by atoms with Crippen LogP contribution in [0.15, 0.2) is 23.8 Å². The van der Waals surface area contributed by atoms with Gasteiger partial charge in [0.05, 0.1) is 6.10 Å². The van der Waals surface area contributed by atoms with Crippen LogP contribution in [-0.4, -0.2) is 17.5 Å². The lowest BCUT2D eigenvalue weighted by molar-refractivity contribution is -0.105.